The molecule has 2 N–H and O–H groups in total. The van der Waals surface area contributed by atoms with Crippen molar-refractivity contribution in [3.63, 3.8) is 0 Å². The standard InChI is InChI=1S/C22H24N4O2/c1-15(21-23-20-6-4-3-5-19(20)22(28)24-21)25-11-13-26(14-12-25)18-9-7-17(8-10-18)16(2)27/h3-10,15H,11-14H2,1-2H3,(H,23,24,28)/p+1/t15-/m1/s1. The molecule has 2 aromatic carbocycles. The molecule has 0 aliphatic carbocycles. The van der Waals surface area contributed by atoms with E-state index in [4.69, 9.17) is 4.98 Å². The van der Waals surface area contributed by atoms with Gasteiger partial charge >= 0.3 is 0 Å². The molecule has 1 aromatic heterocycles. The van der Waals surface area contributed by atoms with Crippen LogP contribution in [0.1, 0.15) is 36.1 Å². The molecule has 1 aliphatic rings. The van der Waals surface area contributed by atoms with E-state index >= 15 is 0 Å². The van der Waals surface area contributed by atoms with Crippen molar-refractivity contribution in [2.24, 2.45) is 0 Å². The predicted molar refractivity (Wildman–Crippen MR) is 110 cm³/mol. The lowest BCUT2D eigenvalue weighted by molar-refractivity contribution is -0.930. The number of para-hydroxylation sites is 1. The van der Waals surface area contributed by atoms with Crippen molar-refractivity contribution in [3.05, 3.63) is 70.3 Å². The van der Waals surface area contributed by atoms with Gasteiger partial charge in [0.05, 0.1) is 37.1 Å². The lowest BCUT2D eigenvalue weighted by Gasteiger charge is -2.36. The van der Waals surface area contributed by atoms with Crippen molar-refractivity contribution in [3.8, 4) is 0 Å². The van der Waals surface area contributed by atoms with Crippen LogP contribution in [0.25, 0.3) is 10.9 Å². The third kappa shape index (κ3) is 3.55. The number of quaternary nitrogens is 1. The van der Waals surface area contributed by atoms with Crippen molar-refractivity contribution in [2.45, 2.75) is 19.9 Å². The minimum Gasteiger partial charge on any atom is -0.360 e. The van der Waals surface area contributed by atoms with Crippen molar-refractivity contribution in [1.82, 2.24) is 9.97 Å². The molecule has 1 saturated heterocycles. The molecule has 0 amide bonds. The molecule has 1 fully saturated rings. The monoisotopic (exact) mass is 377 g/mol. The lowest BCUT2D eigenvalue weighted by Crippen LogP contribution is -3.14. The number of piperazine rings is 1. The van der Waals surface area contributed by atoms with E-state index in [-0.39, 0.29) is 17.4 Å². The van der Waals surface area contributed by atoms with E-state index in [1.165, 1.54) is 4.90 Å². The number of carbonyl (C=O) groups excluding carboxylic acids is 1. The van der Waals surface area contributed by atoms with E-state index in [2.05, 4.69) is 16.8 Å². The number of fused-ring (bicyclic) bond motifs is 1. The van der Waals surface area contributed by atoms with Gasteiger partial charge in [-0.25, -0.2) is 4.98 Å². The van der Waals surface area contributed by atoms with Gasteiger partial charge in [0.2, 0.25) is 0 Å². The number of Topliss-reactive ketones (excluding diaryl/α,β-unsaturated/α-hetero) is 1. The Labute approximate surface area is 163 Å². The van der Waals surface area contributed by atoms with Gasteiger partial charge in [-0.15, -0.1) is 0 Å². The van der Waals surface area contributed by atoms with Crippen LogP contribution in [0.2, 0.25) is 0 Å². The fourth-order valence-electron chi connectivity index (χ4n) is 3.90. The zero-order valence-corrected chi connectivity index (χ0v) is 16.2. The van der Waals surface area contributed by atoms with Crippen LogP contribution < -0.4 is 15.4 Å². The summed E-state index contributed by atoms with van der Waals surface area (Å²) in [6.07, 6.45) is 0. The van der Waals surface area contributed by atoms with Crippen LogP contribution in [-0.2, 0) is 0 Å². The first-order valence-electron chi connectivity index (χ1n) is 9.72. The van der Waals surface area contributed by atoms with Crippen molar-refractivity contribution < 1.29 is 9.69 Å². The summed E-state index contributed by atoms with van der Waals surface area (Å²) in [6.45, 7) is 7.50. The molecule has 6 nitrogen and oxygen atoms in total. The minimum absolute atomic E-state index is 0.0731. The zero-order chi connectivity index (χ0) is 19.7. The first-order chi connectivity index (χ1) is 13.5. The molecule has 0 bridgehead atoms. The third-order valence-corrected chi connectivity index (χ3v) is 5.70. The second kappa shape index (κ2) is 7.56. The Morgan fingerprint density at radius 1 is 1.11 bits per heavy atom. The normalized spacial score (nSPS) is 16.3. The summed E-state index contributed by atoms with van der Waals surface area (Å²) in [4.78, 5) is 35.2. The number of rotatable bonds is 4. The minimum atomic E-state index is -0.0731. The van der Waals surface area contributed by atoms with Crippen LogP contribution in [0, 0.1) is 0 Å². The number of benzene rings is 2. The Balaban J connectivity index is 1.46. The molecule has 0 spiro atoms. The maximum Gasteiger partial charge on any atom is 0.258 e. The number of hydrogen-bond donors (Lipinski definition) is 2. The first-order valence-corrected chi connectivity index (χ1v) is 9.72. The summed E-state index contributed by atoms with van der Waals surface area (Å²) in [5.41, 5.74) is 2.56. The first kappa shape index (κ1) is 18.4. The molecular weight excluding hydrogens is 352 g/mol. The number of aromatic nitrogens is 2. The number of nitrogens with one attached hydrogen (secondary N) is 2. The topological polar surface area (TPSA) is 70.5 Å². The van der Waals surface area contributed by atoms with Crippen LogP contribution in [0.3, 0.4) is 0 Å². The Morgan fingerprint density at radius 2 is 1.79 bits per heavy atom. The Hall–Kier alpha value is -2.99. The summed E-state index contributed by atoms with van der Waals surface area (Å²) < 4.78 is 0. The fourth-order valence-corrected chi connectivity index (χ4v) is 3.90. The molecule has 0 unspecified atom stereocenters. The summed E-state index contributed by atoms with van der Waals surface area (Å²) in [5, 5.41) is 0.632. The van der Waals surface area contributed by atoms with Gasteiger partial charge in [0.15, 0.2) is 11.6 Å². The van der Waals surface area contributed by atoms with Crippen LogP contribution in [0.4, 0.5) is 5.69 Å². The maximum absolute atomic E-state index is 12.4. The van der Waals surface area contributed by atoms with Crippen molar-refractivity contribution >= 4 is 22.4 Å². The molecule has 1 atom stereocenters. The molecule has 1 aliphatic heterocycles. The van der Waals surface area contributed by atoms with Gasteiger partial charge in [0.1, 0.15) is 6.04 Å². The van der Waals surface area contributed by atoms with E-state index in [0.29, 0.717) is 5.39 Å². The molecule has 0 radical (unpaired) electrons. The number of aromatic amines is 1. The van der Waals surface area contributed by atoms with Gasteiger partial charge in [0.25, 0.3) is 5.56 Å². The molecule has 28 heavy (non-hydrogen) atoms. The van der Waals surface area contributed by atoms with Gasteiger partial charge in [-0.2, -0.15) is 0 Å². The summed E-state index contributed by atoms with van der Waals surface area (Å²) in [7, 11) is 0. The molecule has 4 rings (SSSR count). The van der Waals surface area contributed by atoms with Crippen LogP contribution in [-0.4, -0.2) is 41.9 Å². The highest BCUT2D eigenvalue weighted by molar-refractivity contribution is 5.94. The zero-order valence-electron chi connectivity index (χ0n) is 16.2. The Morgan fingerprint density at radius 3 is 2.46 bits per heavy atom. The van der Waals surface area contributed by atoms with Crippen LogP contribution in [0.5, 0.6) is 0 Å². The molecule has 6 heteroatoms. The number of ketones is 1. The van der Waals surface area contributed by atoms with Crippen LogP contribution in [0.15, 0.2) is 53.3 Å². The van der Waals surface area contributed by atoms with E-state index in [1.807, 2.05) is 42.5 Å². The highest BCUT2D eigenvalue weighted by atomic mass is 16.1. The van der Waals surface area contributed by atoms with Crippen LogP contribution >= 0.6 is 0 Å². The Bertz CT molecular complexity index is 1050. The van der Waals surface area contributed by atoms with Gasteiger partial charge in [-0.1, -0.05) is 12.1 Å². The second-order valence-electron chi connectivity index (χ2n) is 7.44. The number of H-pyrrole nitrogens is 1. The number of nitrogens with zero attached hydrogens (tertiary/aromatic N) is 2. The van der Waals surface area contributed by atoms with E-state index < -0.39 is 0 Å². The summed E-state index contributed by atoms with van der Waals surface area (Å²) in [6, 6.07) is 15.4. The second-order valence-corrected chi connectivity index (χ2v) is 7.44. The number of carbonyl (C=O) groups is 1. The average Bonchev–Trinajstić information content (AvgIpc) is 2.73. The van der Waals surface area contributed by atoms with Crippen molar-refractivity contribution in [2.75, 3.05) is 31.1 Å². The van der Waals surface area contributed by atoms with Crippen molar-refractivity contribution in [1.29, 1.82) is 0 Å². The van der Waals surface area contributed by atoms with Gasteiger partial charge in [-0.05, 0) is 50.2 Å². The maximum atomic E-state index is 12.4. The predicted octanol–water partition coefficient (Wildman–Crippen LogP) is 1.59. The number of anilines is 1. The highest BCUT2D eigenvalue weighted by Gasteiger charge is 2.27. The van der Waals surface area contributed by atoms with E-state index in [1.54, 1.807) is 13.0 Å². The largest absolute Gasteiger partial charge is 0.360 e. The number of hydrogen-bond acceptors (Lipinski definition) is 4. The SMILES string of the molecule is CC(=O)c1ccc(N2CC[NH+]([C@H](C)c3nc4ccccc4c(=O)[nH]3)CC2)cc1. The third-order valence-electron chi connectivity index (χ3n) is 5.70. The van der Waals surface area contributed by atoms with Gasteiger partial charge < -0.3 is 14.8 Å². The molecule has 2 heterocycles. The summed E-state index contributed by atoms with van der Waals surface area (Å²) in [5.74, 6) is 0.837. The van der Waals surface area contributed by atoms with E-state index in [0.717, 1.165) is 48.8 Å². The van der Waals surface area contributed by atoms with Gasteiger partial charge in [0, 0.05) is 11.3 Å². The quantitative estimate of drug-likeness (QED) is 0.678. The summed E-state index contributed by atoms with van der Waals surface area (Å²) >= 11 is 0. The average molecular weight is 377 g/mol. The molecular formula is C22H25N4O2+. The smallest absolute Gasteiger partial charge is 0.258 e. The molecule has 3 aromatic rings. The molecule has 0 saturated carbocycles. The van der Waals surface area contributed by atoms with Gasteiger partial charge in [-0.3, -0.25) is 9.59 Å². The fraction of sp³-hybridized carbons (Fsp3) is 0.318. The lowest BCUT2D eigenvalue weighted by atomic mass is 10.1. The van der Waals surface area contributed by atoms with E-state index in [9.17, 15) is 9.59 Å². The molecule has 144 valence electrons. The highest BCUT2D eigenvalue weighted by Crippen LogP contribution is 2.16. The Kier molecular flexibility index (Phi) is 4.96.